The lowest BCUT2D eigenvalue weighted by molar-refractivity contribution is 0.0365. The van der Waals surface area contributed by atoms with Crippen molar-refractivity contribution in [2.24, 2.45) is 0 Å². The number of carbonyl (C=O) groups excluding carboxylic acids is 1. The first-order valence-corrected chi connectivity index (χ1v) is 9.71. The van der Waals surface area contributed by atoms with Gasteiger partial charge < -0.3 is 14.0 Å². The third-order valence-electron chi connectivity index (χ3n) is 4.49. The Morgan fingerprint density at radius 3 is 2.56 bits per heavy atom. The fraction of sp³-hybridized carbons (Fsp3) is 0.524. The number of pyridine rings is 1. The van der Waals surface area contributed by atoms with Crippen molar-refractivity contribution in [2.75, 3.05) is 39.5 Å². The predicted octanol–water partition coefficient (Wildman–Crippen LogP) is 2.85. The average Bonchev–Trinajstić information content (AvgIpc) is 2.70. The van der Waals surface area contributed by atoms with Gasteiger partial charge in [-0.1, -0.05) is 25.5 Å². The second kappa shape index (κ2) is 10.2. The van der Waals surface area contributed by atoms with Crippen LogP contribution < -0.4 is 5.43 Å². The van der Waals surface area contributed by atoms with Crippen LogP contribution in [0.4, 0.5) is 0 Å². The Balaban J connectivity index is 0.00000126. The number of aromatic nitrogens is 1. The highest BCUT2D eigenvalue weighted by atomic mass is 16.5. The molecule has 3 rings (SSSR count). The largest absolute Gasteiger partial charge is 0.462 e. The number of ether oxygens (including phenoxy) is 2. The third-order valence-corrected chi connectivity index (χ3v) is 4.49. The molecule has 0 amide bonds. The first-order valence-electron chi connectivity index (χ1n) is 9.71. The second-order valence-electron chi connectivity index (χ2n) is 6.26. The molecule has 1 aliphatic heterocycles. The first-order chi connectivity index (χ1) is 13.1. The standard InChI is InChI=1S/C19H24N2O4.C2H6/c1-3-25-19(23)16-13-21(7-6-20-8-10-24-11-9-20)17-5-4-14(2)12-15(17)18(16)22;1-2/h4-5,12-13H,3,6-11H2,1-2H3;1-2H3. The molecule has 0 aliphatic carbocycles. The number of fused-ring (bicyclic) bond motifs is 1. The molecule has 1 aliphatic rings. The van der Waals surface area contributed by atoms with E-state index < -0.39 is 5.97 Å². The molecule has 1 saturated heterocycles. The van der Waals surface area contributed by atoms with E-state index in [9.17, 15) is 9.59 Å². The number of rotatable bonds is 5. The van der Waals surface area contributed by atoms with Gasteiger partial charge in [0.25, 0.3) is 0 Å². The van der Waals surface area contributed by atoms with Gasteiger partial charge in [-0.3, -0.25) is 9.69 Å². The van der Waals surface area contributed by atoms with Crippen LogP contribution in [0.2, 0.25) is 0 Å². The number of benzene rings is 1. The summed E-state index contributed by atoms with van der Waals surface area (Å²) in [5.41, 5.74) is 1.67. The van der Waals surface area contributed by atoms with E-state index in [4.69, 9.17) is 9.47 Å². The molecule has 1 aromatic heterocycles. The van der Waals surface area contributed by atoms with Crippen LogP contribution in [0.25, 0.3) is 10.9 Å². The van der Waals surface area contributed by atoms with Gasteiger partial charge in [0, 0.05) is 37.8 Å². The molecule has 0 bridgehead atoms. The summed E-state index contributed by atoms with van der Waals surface area (Å²) in [4.78, 5) is 27.2. The van der Waals surface area contributed by atoms with E-state index in [1.165, 1.54) is 0 Å². The lowest BCUT2D eigenvalue weighted by atomic mass is 10.1. The van der Waals surface area contributed by atoms with Crippen LogP contribution in [0, 0.1) is 6.92 Å². The fourth-order valence-electron chi connectivity index (χ4n) is 3.12. The highest BCUT2D eigenvalue weighted by Crippen LogP contribution is 2.15. The molecule has 0 atom stereocenters. The number of hydrogen-bond acceptors (Lipinski definition) is 5. The zero-order chi connectivity index (χ0) is 19.8. The Hall–Kier alpha value is -2.18. The number of nitrogens with zero attached hydrogens (tertiary/aromatic N) is 2. The molecule has 0 unspecified atom stereocenters. The van der Waals surface area contributed by atoms with Crippen molar-refractivity contribution >= 4 is 16.9 Å². The molecule has 6 heteroatoms. The number of aryl methyl sites for hydroxylation is 1. The van der Waals surface area contributed by atoms with Crippen molar-refractivity contribution < 1.29 is 14.3 Å². The quantitative estimate of drug-likeness (QED) is 0.753. The second-order valence-corrected chi connectivity index (χ2v) is 6.26. The summed E-state index contributed by atoms with van der Waals surface area (Å²) in [7, 11) is 0. The smallest absolute Gasteiger partial charge is 0.343 e. The lowest BCUT2D eigenvalue weighted by Gasteiger charge is -2.27. The van der Waals surface area contributed by atoms with Gasteiger partial charge in [0.1, 0.15) is 5.56 Å². The maximum atomic E-state index is 12.7. The summed E-state index contributed by atoms with van der Waals surface area (Å²) in [5, 5.41) is 0.563. The summed E-state index contributed by atoms with van der Waals surface area (Å²) < 4.78 is 12.4. The SMILES string of the molecule is CC.CCOC(=O)c1cn(CCN2CCOCC2)c2ccc(C)cc2c1=O. The molecule has 1 aromatic carbocycles. The van der Waals surface area contributed by atoms with Crippen molar-refractivity contribution in [3.8, 4) is 0 Å². The summed E-state index contributed by atoms with van der Waals surface area (Å²) >= 11 is 0. The van der Waals surface area contributed by atoms with E-state index in [2.05, 4.69) is 4.90 Å². The Morgan fingerprint density at radius 1 is 1.19 bits per heavy atom. The number of hydrogen-bond donors (Lipinski definition) is 0. The predicted molar refractivity (Wildman–Crippen MR) is 108 cm³/mol. The molecule has 148 valence electrons. The lowest BCUT2D eigenvalue weighted by Crippen LogP contribution is -2.38. The van der Waals surface area contributed by atoms with Crippen LogP contribution in [-0.2, 0) is 16.0 Å². The summed E-state index contributed by atoms with van der Waals surface area (Å²) in [6, 6.07) is 5.77. The molecular formula is C21H30N2O4. The molecule has 2 aromatic rings. The van der Waals surface area contributed by atoms with E-state index in [0.717, 1.165) is 43.9 Å². The summed E-state index contributed by atoms with van der Waals surface area (Å²) in [6.07, 6.45) is 1.64. The van der Waals surface area contributed by atoms with E-state index in [0.29, 0.717) is 11.9 Å². The molecule has 0 radical (unpaired) electrons. The van der Waals surface area contributed by atoms with Gasteiger partial charge in [-0.25, -0.2) is 4.79 Å². The van der Waals surface area contributed by atoms with Crippen LogP contribution in [0.1, 0.15) is 36.7 Å². The maximum Gasteiger partial charge on any atom is 0.343 e. The zero-order valence-electron chi connectivity index (χ0n) is 16.8. The number of carbonyl (C=O) groups is 1. The molecule has 0 saturated carbocycles. The Labute approximate surface area is 160 Å². The van der Waals surface area contributed by atoms with Crippen molar-refractivity contribution in [3.63, 3.8) is 0 Å². The van der Waals surface area contributed by atoms with Gasteiger partial charge in [0.15, 0.2) is 0 Å². The summed E-state index contributed by atoms with van der Waals surface area (Å²) in [5.74, 6) is -0.559. The van der Waals surface area contributed by atoms with Crippen molar-refractivity contribution in [3.05, 3.63) is 45.7 Å². The number of esters is 1. The monoisotopic (exact) mass is 374 g/mol. The minimum Gasteiger partial charge on any atom is -0.462 e. The molecule has 6 nitrogen and oxygen atoms in total. The van der Waals surface area contributed by atoms with Crippen LogP contribution in [0.15, 0.2) is 29.2 Å². The Morgan fingerprint density at radius 2 is 1.89 bits per heavy atom. The van der Waals surface area contributed by atoms with Crippen molar-refractivity contribution in [1.29, 1.82) is 0 Å². The van der Waals surface area contributed by atoms with Gasteiger partial charge in [-0.05, 0) is 26.0 Å². The minimum absolute atomic E-state index is 0.0990. The molecule has 27 heavy (non-hydrogen) atoms. The third kappa shape index (κ3) is 5.17. The van der Waals surface area contributed by atoms with Crippen LogP contribution in [0.3, 0.4) is 0 Å². The number of morpholine rings is 1. The van der Waals surface area contributed by atoms with Gasteiger partial charge in [-0.2, -0.15) is 0 Å². The van der Waals surface area contributed by atoms with Gasteiger partial charge in [0.2, 0.25) is 5.43 Å². The Kier molecular flexibility index (Phi) is 8.00. The topological polar surface area (TPSA) is 60.8 Å². The summed E-state index contributed by atoms with van der Waals surface area (Å²) in [6.45, 7) is 12.8. The molecule has 1 fully saturated rings. The van der Waals surface area contributed by atoms with Crippen molar-refractivity contribution in [1.82, 2.24) is 9.47 Å². The van der Waals surface area contributed by atoms with E-state index >= 15 is 0 Å². The van der Waals surface area contributed by atoms with Gasteiger partial charge in [-0.15, -0.1) is 0 Å². The first kappa shape index (κ1) is 21.1. The molecule has 0 N–H and O–H groups in total. The average molecular weight is 374 g/mol. The highest BCUT2D eigenvalue weighted by molar-refractivity contribution is 5.93. The van der Waals surface area contributed by atoms with Crippen molar-refractivity contribution in [2.45, 2.75) is 34.2 Å². The maximum absolute atomic E-state index is 12.7. The van der Waals surface area contributed by atoms with Crippen LogP contribution in [-0.4, -0.2) is 54.9 Å². The Bertz CT molecular complexity index is 823. The van der Waals surface area contributed by atoms with E-state index in [1.807, 2.05) is 43.5 Å². The van der Waals surface area contributed by atoms with Gasteiger partial charge in [0.05, 0.1) is 25.3 Å². The minimum atomic E-state index is -0.559. The van der Waals surface area contributed by atoms with E-state index in [-0.39, 0.29) is 17.6 Å². The van der Waals surface area contributed by atoms with Crippen LogP contribution in [0.5, 0.6) is 0 Å². The van der Waals surface area contributed by atoms with Crippen LogP contribution >= 0.6 is 0 Å². The van der Waals surface area contributed by atoms with E-state index in [1.54, 1.807) is 13.1 Å². The highest BCUT2D eigenvalue weighted by Gasteiger charge is 2.17. The molecular weight excluding hydrogens is 344 g/mol. The van der Waals surface area contributed by atoms with Gasteiger partial charge >= 0.3 is 5.97 Å². The molecule has 2 heterocycles. The normalized spacial score (nSPS) is 14.5. The fourth-order valence-corrected chi connectivity index (χ4v) is 3.12. The molecule has 0 spiro atoms. The zero-order valence-corrected chi connectivity index (χ0v) is 16.8.